The van der Waals surface area contributed by atoms with Gasteiger partial charge in [0.1, 0.15) is 0 Å². The molecule has 0 atom stereocenters. The van der Waals surface area contributed by atoms with Crippen LogP contribution >= 0.6 is 15.9 Å². The maximum absolute atomic E-state index is 11.8. The fourth-order valence-corrected chi connectivity index (χ4v) is 1.94. The number of benzene rings is 2. The lowest BCUT2D eigenvalue weighted by atomic mass is 10.2. The number of hydrazone groups is 1. The number of hydrogen-bond donors (Lipinski definition) is 1. The highest BCUT2D eigenvalue weighted by Gasteiger charge is 2.04. The number of hydrogen-bond acceptors (Lipinski definition) is 4. The number of non-ortho nitro benzene ring substituents is 1. The first-order valence-electron chi connectivity index (χ1n) is 5.90. The SMILES string of the molecule is O=C(N/N=C/c1ccc([N+](=O)[O-])cc1)c1cccc(Br)c1. The van der Waals surface area contributed by atoms with Crippen molar-refractivity contribution < 1.29 is 9.72 Å². The highest BCUT2D eigenvalue weighted by molar-refractivity contribution is 9.10. The lowest BCUT2D eigenvalue weighted by molar-refractivity contribution is -0.384. The summed E-state index contributed by atoms with van der Waals surface area (Å²) < 4.78 is 0.800. The summed E-state index contributed by atoms with van der Waals surface area (Å²) in [5.74, 6) is -0.338. The molecule has 6 nitrogen and oxygen atoms in total. The molecular weight excluding hydrogens is 338 g/mol. The van der Waals surface area contributed by atoms with Crippen LogP contribution in [0.25, 0.3) is 0 Å². The van der Waals surface area contributed by atoms with Crippen molar-refractivity contribution in [1.82, 2.24) is 5.43 Å². The van der Waals surface area contributed by atoms with E-state index in [9.17, 15) is 14.9 Å². The Morgan fingerprint density at radius 1 is 1.24 bits per heavy atom. The number of nitro groups is 1. The van der Waals surface area contributed by atoms with Crippen LogP contribution in [0.4, 0.5) is 5.69 Å². The van der Waals surface area contributed by atoms with Crippen LogP contribution in [0.15, 0.2) is 58.1 Å². The minimum atomic E-state index is -0.476. The minimum absolute atomic E-state index is 0.00493. The second-order valence-corrected chi connectivity index (χ2v) is 4.97. The molecule has 0 unspecified atom stereocenters. The molecule has 0 saturated carbocycles. The standard InChI is InChI=1S/C14H10BrN3O3/c15-12-3-1-2-11(8-12)14(19)17-16-9-10-4-6-13(7-5-10)18(20)21/h1-9H,(H,17,19)/b16-9+. The fraction of sp³-hybridized carbons (Fsp3) is 0. The van der Waals surface area contributed by atoms with Gasteiger partial charge >= 0.3 is 0 Å². The van der Waals surface area contributed by atoms with E-state index in [1.807, 2.05) is 6.07 Å². The number of nitrogens with zero attached hydrogens (tertiary/aromatic N) is 2. The van der Waals surface area contributed by atoms with Crippen molar-refractivity contribution in [3.05, 3.63) is 74.2 Å². The van der Waals surface area contributed by atoms with E-state index < -0.39 is 4.92 Å². The topological polar surface area (TPSA) is 84.6 Å². The third-order valence-corrected chi connectivity index (χ3v) is 3.06. The number of rotatable bonds is 4. The predicted molar refractivity (Wildman–Crippen MR) is 82.3 cm³/mol. The lowest BCUT2D eigenvalue weighted by Crippen LogP contribution is -2.17. The Morgan fingerprint density at radius 3 is 2.57 bits per heavy atom. The molecule has 106 valence electrons. The summed E-state index contributed by atoms with van der Waals surface area (Å²) >= 11 is 3.28. The summed E-state index contributed by atoms with van der Waals surface area (Å²) in [6.07, 6.45) is 1.42. The van der Waals surface area contributed by atoms with Gasteiger partial charge in [-0.25, -0.2) is 5.43 Å². The van der Waals surface area contributed by atoms with Crippen molar-refractivity contribution in [3.63, 3.8) is 0 Å². The molecular formula is C14H10BrN3O3. The molecule has 2 rings (SSSR count). The first kappa shape index (κ1) is 14.9. The first-order valence-corrected chi connectivity index (χ1v) is 6.69. The molecule has 1 amide bonds. The zero-order valence-electron chi connectivity index (χ0n) is 10.7. The third kappa shape index (κ3) is 4.22. The molecule has 0 fully saturated rings. The molecule has 0 aromatic heterocycles. The number of halogens is 1. The van der Waals surface area contributed by atoms with Crippen LogP contribution in [-0.2, 0) is 0 Å². The van der Waals surface area contributed by atoms with Crippen molar-refractivity contribution in [1.29, 1.82) is 0 Å². The van der Waals surface area contributed by atoms with Crippen molar-refractivity contribution in [2.45, 2.75) is 0 Å². The lowest BCUT2D eigenvalue weighted by Gasteiger charge is -2.00. The molecule has 0 radical (unpaired) electrons. The number of carbonyl (C=O) groups is 1. The number of nitro benzene ring substituents is 1. The van der Waals surface area contributed by atoms with Crippen LogP contribution < -0.4 is 5.43 Å². The van der Waals surface area contributed by atoms with Crippen molar-refractivity contribution in [2.24, 2.45) is 5.10 Å². The van der Waals surface area contributed by atoms with Gasteiger partial charge in [-0.05, 0) is 35.9 Å². The zero-order valence-corrected chi connectivity index (χ0v) is 12.3. The predicted octanol–water partition coefficient (Wildman–Crippen LogP) is 3.12. The molecule has 7 heteroatoms. The number of carbonyl (C=O) groups excluding carboxylic acids is 1. The Bertz CT molecular complexity index is 699. The van der Waals surface area contributed by atoms with Gasteiger partial charge in [0.05, 0.1) is 11.1 Å². The van der Waals surface area contributed by atoms with Crippen LogP contribution in [0.2, 0.25) is 0 Å². The molecule has 0 aliphatic rings. The van der Waals surface area contributed by atoms with Crippen molar-refractivity contribution in [2.75, 3.05) is 0 Å². The Kier molecular flexibility index (Phi) is 4.78. The largest absolute Gasteiger partial charge is 0.271 e. The summed E-state index contributed by atoms with van der Waals surface area (Å²) in [7, 11) is 0. The Labute approximate surface area is 128 Å². The zero-order chi connectivity index (χ0) is 15.2. The molecule has 0 aliphatic heterocycles. The van der Waals surface area contributed by atoms with Gasteiger partial charge in [-0.2, -0.15) is 5.10 Å². The average Bonchev–Trinajstić information content (AvgIpc) is 2.47. The Morgan fingerprint density at radius 2 is 1.95 bits per heavy atom. The van der Waals surface area contributed by atoms with E-state index >= 15 is 0 Å². The summed E-state index contributed by atoms with van der Waals surface area (Å²) in [5.41, 5.74) is 3.52. The highest BCUT2D eigenvalue weighted by atomic mass is 79.9. The maximum atomic E-state index is 11.8. The molecule has 0 saturated heterocycles. The smallest absolute Gasteiger partial charge is 0.267 e. The second-order valence-electron chi connectivity index (χ2n) is 4.06. The van der Waals surface area contributed by atoms with E-state index in [2.05, 4.69) is 26.5 Å². The van der Waals surface area contributed by atoms with Gasteiger partial charge < -0.3 is 0 Å². The quantitative estimate of drug-likeness (QED) is 0.523. The summed E-state index contributed by atoms with van der Waals surface area (Å²) in [5, 5.41) is 14.3. The van der Waals surface area contributed by atoms with Crippen LogP contribution in [0.1, 0.15) is 15.9 Å². The van der Waals surface area contributed by atoms with Crippen molar-refractivity contribution >= 4 is 33.7 Å². The Balaban J connectivity index is 1.99. The first-order chi connectivity index (χ1) is 10.1. The molecule has 1 N–H and O–H groups in total. The van der Waals surface area contributed by atoms with Crippen LogP contribution in [0, 0.1) is 10.1 Å². The molecule has 0 aliphatic carbocycles. The highest BCUT2D eigenvalue weighted by Crippen LogP contribution is 2.12. The van der Waals surface area contributed by atoms with Gasteiger partial charge in [0.25, 0.3) is 11.6 Å². The average molecular weight is 348 g/mol. The molecule has 0 heterocycles. The molecule has 0 spiro atoms. The number of nitrogens with one attached hydrogen (secondary N) is 1. The van der Waals surface area contributed by atoms with E-state index in [4.69, 9.17) is 0 Å². The summed E-state index contributed by atoms with van der Waals surface area (Å²) in [6, 6.07) is 12.8. The van der Waals surface area contributed by atoms with E-state index in [0.717, 1.165) is 4.47 Å². The van der Waals surface area contributed by atoms with Crippen LogP contribution in [0.3, 0.4) is 0 Å². The van der Waals surface area contributed by atoms with Crippen LogP contribution in [-0.4, -0.2) is 17.0 Å². The summed E-state index contributed by atoms with van der Waals surface area (Å²) in [4.78, 5) is 21.8. The maximum Gasteiger partial charge on any atom is 0.271 e. The van der Waals surface area contributed by atoms with E-state index in [1.165, 1.54) is 18.3 Å². The van der Waals surface area contributed by atoms with Crippen molar-refractivity contribution in [3.8, 4) is 0 Å². The fourth-order valence-electron chi connectivity index (χ4n) is 1.54. The van der Waals surface area contributed by atoms with E-state index in [-0.39, 0.29) is 11.6 Å². The van der Waals surface area contributed by atoms with Crippen LogP contribution in [0.5, 0.6) is 0 Å². The third-order valence-electron chi connectivity index (χ3n) is 2.57. The molecule has 2 aromatic rings. The van der Waals surface area contributed by atoms with Gasteiger partial charge in [0.2, 0.25) is 0 Å². The molecule has 21 heavy (non-hydrogen) atoms. The van der Waals surface area contributed by atoms with E-state index in [1.54, 1.807) is 30.3 Å². The number of amides is 1. The van der Waals surface area contributed by atoms with Gasteiger partial charge in [-0.1, -0.05) is 22.0 Å². The summed E-state index contributed by atoms with van der Waals surface area (Å²) in [6.45, 7) is 0. The minimum Gasteiger partial charge on any atom is -0.267 e. The van der Waals surface area contributed by atoms with E-state index in [0.29, 0.717) is 11.1 Å². The normalized spacial score (nSPS) is 10.5. The van der Waals surface area contributed by atoms with Gasteiger partial charge in [-0.15, -0.1) is 0 Å². The second kappa shape index (κ2) is 6.76. The molecule has 2 aromatic carbocycles. The Hall–Kier alpha value is -2.54. The monoisotopic (exact) mass is 347 g/mol. The van der Waals surface area contributed by atoms with Gasteiger partial charge in [0, 0.05) is 22.2 Å². The van der Waals surface area contributed by atoms with Gasteiger partial charge in [-0.3, -0.25) is 14.9 Å². The van der Waals surface area contributed by atoms with Gasteiger partial charge in [0.15, 0.2) is 0 Å². The molecule has 0 bridgehead atoms.